The van der Waals surface area contributed by atoms with E-state index in [-0.39, 0.29) is 0 Å². The van der Waals surface area contributed by atoms with E-state index in [1.807, 2.05) is 17.4 Å². The molecule has 0 saturated heterocycles. The van der Waals surface area contributed by atoms with Gasteiger partial charge in [-0.05, 0) is 45.4 Å². The van der Waals surface area contributed by atoms with Crippen molar-refractivity contribution < 1.29 is 0 Å². The highest BCUT2D eigenvalue weighted by molar-refractivity contribution is 7.12. The summed E-state index contributed by atoms with van der Waals surface area (Å²) in [4.78, 5) is 2.88. The average Bonchev–Trinajstić information content (AvgIpc) is 2.70. The van der Waals surface area contributed by atoms with Crippen LogP contribution < -0.4 is 5.32 Å². The Kier molecular flexibility index (Phi) is 6.43. The zero-order valence-electron chi connectivity index (χ0n) is 10.5. The van der Waals surface area contributed by atoms with Crippen LogP contribution >= 0.6 is 11.3 Å². The number of hydrogen-bond acceptors (Lipinski definition) is 2. The average molecular weight is 237 g/mol. The van der Waals surface area contributed by atoms with Gasteiger partial charge in [0.15, 0.2) is 0 Å². The monoisotopic (exact) mass is 237 g/mol. The molecule has 1 atom stereocenters. The second-order valence-electron chi connectivity index (χ2n) is 4.22. The van der Waals surface area contributed by atoms with Crippen LogP contribution in [-0.2, 0) is 0 Å². The fraction of sp³-hybridized carbons (Fsp3) is 0.571. The van der Waals surface area contributed by atoms with Crippen molar-refractivity contribution in [1.29, 1.82) is 0 Å². The number of rotatable bonds is 8. The van der Waals surface area contributed by atoms with E-state index in [0.717, 1.165) is 6.42 Å². The quantitative estimate of drug-likeness (QED) is 0.520. The summed E-state index contributed by atoms with van der Waals surface area (Å²) in [6.07, 6.45) is 8.31. The first kappa shape index (κ1) is 13.5. The minimum Gasteiger partial charge on any atom is -0.312 e. The van der Waals surface area contributed by atoms with Crippen molar-refractivity contribution in [3.63, 3.8) is 0 Å². The maximum absolute atomic E-state index is 3.75. The second-order valence-corrected chi connectivity index (χ2v) is 5.54. The first-order chi connectivity index (χ1) is 7.77. The standard InChI is InChI=1S/C14H23NS/c1-4-5-6-7-8-9-13(15-3)14-11-10-12(2)16-14/h4,10-11,13,15H,1,5-9H2,2-3H3. The number of thiophene rings is 1. The van der Waals surface area contributed by atoms with Crippen molar-refractivity contribution in [1.82, 2.24) is 5.32 Å². The Balaban J connectivity index is 2.29. The summed E-state index contributed by atoms with van der Waals surface area (Å²) in [6, 6.07) is 5.01. The number of hydrogen-bond donors (Lipinski definition) is 1. The summed E-state index contributed by atoms with van der Waals surface area (Å²) in [5.74, 6) is 0. The minimum atomic E-state index is 0.544. The maximum atomic E-state index is 3.75. The molecule has 90 valence electrons. The third kappa shape index (κ3) is 4.50. The van der Waals surface area contributed by atoms with E-state index in [2.05, 4.69) is 38.0 Å². The predicted octanol–water partition coefficient (Wildman–Crippen LogP) is 4.45. The molecule has 0 amide bonds. The highest BCUT2D eigenvalue weighted by atomic mass is 32.1. The van der Waals surface area contributed by atoms with E-state index < -0.39 is 0 Å². The summed E-state index contributed by atoms with van der Waals surface area (Å²) in [6.45, 7) is 5.92. The van der Waals surface area contributed by atoms with Crippen LogP contribution in [-0.4, -0.2) is 7.05 Å². The molecular weight excluding hydrogens is 214 g/mol. The van der Waals surface area contributed by atoms with Crippen molar-refractivity contribution in [2.45, 2.75) is 45.1 Å². The SMILES string of the molecule is C=CCCCCCC(NC)c1ccc(C)s1. The van der Waals surface area contributed by atoms with Crippen LogP contribution in [0.25, 0.3) is 0 Å². The Morgan fingerprint density at radius 1 is 1.38 bits per heavy atom. The predicted molar refractivity (Wildman–Crippen MR) is 74.1 cm³/mol. The van der Waals surface area contributed by atoms with Crippen molar-refractivity contribution in [3.05, 3.63) is 34.5 Å². The lowest BCUT2D eigenvalue weighted by Crippen LogP contribution is -2.14. The van der Waals surface area contributed by atoms with Crippen molar-refractivity contribution in [3.8, 4) is 0 Å². The highest BCUT2D eigenvalue weighted by Crippen LogP contribution is 2.26. The van der Waals surface area contributed by atoms with Gasteiger partial charge in [0.25, 0.3) is 0 Å². The summed E-state index contributed by atoms with van der Waals surface area (Å²) >= 11 is 1.91. The van der Waals surface area contributed by atoms with Crippen LogP contribution in [0.1, 0.15) is 47.9 Å². The molecule has 1 aromatic rings. The van der Waals surface area contributed by atoms with Gasteiger partial charge in [0, 0.05) is 15.8 Å². The molecule has 0 aliphatic rings. The van der Waals surface area contributed by atoms with Gasteiger partial charge in [-0.2, -0.15) is 0 Å². The van der Waals surface area contributed by atoms with Crippen LogP contribution in [0.2, 0.25) is 0 Å². The molecule has 16 heavy (non-hydrogen) atoms. The van der Waals surface area contributed by atoms with Gasteiger partial charge < -0.3 is 5.32 Å². The van der Waals surface area contributed by atoms with Crippen molar-refractivity contribution in [2.75, 3.05) is 7.05 Å². The maximum Gasteiger partial charge on any atom is 0.0412 e. The van der Waals surface area contributed by atoms with E-state index in [1.165, 1.54) is 35.4 Å². The molecule has 0 spiro atoms. The number of nitrogens with one attached hydrogen (secondary N) is 1. The van der Waals surface area contributed by atoms with Gasteiger partial charge in [-0.1, -0.05) is 18.9 Å². The molecular formula is C14H23NS. The van der Waals surface area contributed by atoms with Crippen molar-refractivity contribution in [2.24, 2.45) is 0 Å². The van der Waals surface area contributed by atoms with E-state index in [0.29, 0.717) is 6.04 Å². The largest absolute Gasteiger partial charge is 0.312 e. The molecule has 2 heteroatoms. The summed E-state index contributed by atoms with van der Waals surface area (Å²) in [5, 5.41) is 3.41. The fourth-order valence-electron chi connectivity index (χ4n) is 1.88. The zero-order chi connectivity index (χ0) is 11.8. The third-order valence-electron chi connectivity index (χ3n) is 2.85. The number of unbranched alkanes of at least 4 members (excludes halogenated alkanes) is 3. The van der Waals surface area contributed by atoms with Crippen LogP contribution in [0, 0.1) is 6.92 Å². The van der Waals surface area contributed by atoms with Gasteiger partial charge >= 0.3 is 0 Å². The van der Waals surface area contributed by atoms with E-state index >= 15 is 0 Å². The Bertz CT molecular complexity index is 303. The topological polar surface area (TPSA) is 12.0 Å². The fourth-order valence-corrected chi connectivity index (χ4v) is 2.91. The van der Waals surface area contributed by atoms with Gasteiger partial charge in [0.1, 0.15) is 0 Å². The number of allylic oxidation sites excluding steroid dienone is 1. The van der Waals surface area contributed by atoms with E-state index in [1.54, 1.807) is 0 Å². The number of aryl methyl sites for hydroxylation is 1. The summed E-state index contributed by atoms with van der Waals surface area (Å²) < 4.78 is 0. The van der Waals surface area contributed by atoms with Gasteiger partial charge in [-0.25, -0.2) is 0 Å². The van der Waals surface area contributed by atoms with Gasteiger partial charge in [0.2, 0.25) is 0 Å². The Hall–Kier alpha value is -0.600. The lowest BCUT2D eigenvalue weighted by Gasteiger charge is -2.14. The van der Waals surface area contributed by atoms with Crippen LogP contribution in [0.4, 0.5) is 0 Å². The molecule has 0 fully saturated rings. The molecule has 1 unspecified atom stereocenters. The normalized spacial score (nSPS) is 12.6. The van der Waals surface area contributed by atoms with Crippen LogP contribution in [0.5, 0.6) is 0 Å². The van der Waals surface area contributed by atoms with Crippen molar-refractivity contribution >= 4 is 11.3 Å². The van der Waals surface area contributed by atoms with Crippen LogP contribution in [0.3, 0.4) is 0 Å². The summed E-state index contributed by atoms with van der Waals surface area (Å²) in [5.41, 5.74) is 0. The molecule has 0 bridgehead atoms. The molecule has 1 nitrogen and oxygen atoms in total. The molecule has 1 heterocycles. The van der Waals surface area contributed by atoms with E-state index in [4.69, 9.17) is 0 Å². The van der Waals surface area contributed by atoms with E-state index in [9.17, 15) is 0 Å². The molecule has 0 aliphatic heterocycles. The molecule has 0 saturated carbocycles. The smallest absolute Gasteiger partial charge is 0.0412 e. The molecule has 0 radical (unpaired) electrons. The summed E-state index contributed by atoms with van der Waals surface area (Å²) in [7, 11) is 2.06. The minimum absolute atomic E-state index is 0.544. The van der Waals surface area contributed by atoms with Crippen LogP contribution in [0.15, 0.2) is 24.8 Å². The van der Waals surface area contributed by atoms with Gasteiger partial charge in [-0.15, -0.1) is 17.9 Å². The second kappa shape index (κ2) is 7.64. The Morgan fingerprint density at radius 2 is 2.19 bits per heavy atom. The first-order valence-corrected chi connectivity index (χ1v) is 6.94. The Morgan fingerprint density at radius 3 is 2.75 bits per heavy atom. The molecule has 1 rings (SSSR count). The third-order valence-corrected chi connectivity index (χ3v) is 3.97. The molecule has 0 aromatic carbocycles. The highest BCUT2D eigenvalue weighted by Gasteiger charge is 2.10. The molecule has 1 aromatic heterocycles. The lowest BCUT2D eigenvalue weighted by atomic mass is 10.1. The lowest BCUT2D eigenvalue weighted by molar-refractivity contribution is 0.514. The van der Waals surface area contributed by atoms with Gasteiger partial charge in [0.05, 0.1) is 0 Å². The first-order valence-electron chi connectivity index (χ1n) is 6.12. The van der Waals surface area contributed by atoms with Gasteiger partial charge in [-0.3, -0.25) is 0 Å². The Labute approximate surface area is 104 Å². The molecule has 0 aliphatic carbocycles. The molecule has 1 N–H and O–H groups in total. The zero-order valence-corrected chi connectivity index (χ0v) is 11.3.